The molecule has 5 aliphatic rings. The van der Waals surface area contributed by atoms with Gasteiger partial charge in [0.25, 0.3) is 11.8 Å². The molecule has 115 heavy (non-hydrogen) atoms. The van der Waals surface area contributed by atoms with Crippen molar-refractivity contribution >= 4 is 111 Å². The van der Waals surface area contributed by atoms with E-state index in [1.54, 1.807) is 74.0 Å². The second-order valence-electron chi connectivity index (χ2n) is 31.0. The largest absolute Gasteiger partial charge is 0.445 e. The Labute approximate surface area is 680 Å². The number of thiazole rings is 1. The van der Waals surface area contributed by atoms with E-state index in [0.29, 0.717) is 65.7 Å². The molecular formula is C81H101ClN16O15S2. The minimum absolute atomic E-state index is 0.00365. The minimum atomic E-state index is -1.41. The molecule has 4 aliphatic heterocycles. The number of rotatable bonds is 35. The van der Waals surface area contributed by atoms with Crippen LogP contribution in [-0.4, -0.2) is 207 Å². The Balaban J connectivity index is 0.701. The van der Waals surface area contributed by atoms with E-state index in [1.807, 2.05) is 54.8 Å². The van der Waals surface area contributed by atoms with Gasteiger partial charge in [-0.1, -0.05) is 87.3 Å². The molecule has 3 aromatic carbocycles. The Kier molecular flexibility index (Phi) is 28.9. The van der Waals surface area contributed by atoms with Crippen molar-refractivity contribution in [2.45, 2.75) is 163 Å². The maximum absolute atomic E-state index is 14.5. The van der Waals surface area contributed by atoms with Crippen LogP contribution >= 0.6 is 34.3 Å². The van der Waals surface area contributed by atoms with E-state index in [9.17, 15) is 57.8 Å². The number of halogens is 1. The number of amides is 12. The molecule has 0 radical (unpaired) electrons. The van der Waals surface area contributed by atoms with Crippen LogP contribution < -0.4 is 43.0 Å². The number of likely N-dealkylation sites (tertiary alicyclic amines) is 2. The summed E-state index contributed by atoms with van der Waals surface area (Å²) in [5.74, 6) is -3.73. The molecule has 7 atom stereocenters. The number of benzene rings is 3. The number of β-amino-alcohol motifs (C(OH)–C–C–N with tert-alkyl or cyclic N) is 1. The number of piperidine rings is 1. The van der Waals surface area contributed by atoms with E-state index >= 15 is 0 Å². The van der Waals surface area contributed by atoms with Crippen molar-refractivity contribution in [2.24, 2.45) is 33.4 Å². The predicted octanol–water partition coefficient (Wildman–Crippen LogP) is 7.11. The lowest BCUT2D eigenvalue weighted by atomic mass is 9.67. The van der Waals surface area contributed by atoms with Crippen molar-refractivity contribution in [1.29, 1.82) is 0 Å². The normalized spacial score (nSPS) is 18.7. The number of nitrogens with zero attached hydrogens (tertiary/aromatic N) is 8. The van der Waals surface area contributed by atoms with Gasteiger partial charge in [0.2, 0.25) is 41.4 Å². The second kappa shape index (κ2) is 38.9. The van der Waals surface area contributed by atoms with E-state index in [4.69, 9.17) is 36.5 Å². The summed E-state index contributed by atoms with van der Waals surface area (Å²) in [4.78, 5) is 163. The van der Waals surface area contributed by atoms with Crippen LogP contribution in [0.1, 0.15) is 147 Å². The number of urea groups is 1. The molecule has 614 valence electrons. The zero-order valence-corrected chi connectivity index (χ0v) is 68.1. The molecular weight excluding hydrogens is 1540 g/mol. The Morgan fingerprint density at radius 2 is 1.43 bits per heavy atom. The maximum Gasteiger partial charge on any atom is 0.410 e. The number of imide groups is 1. The van der Waals surface area contributed by atoms with Gasteiger partial charge >= 0.3 is 12.1 Å². The average Bonchev–Trinajstić information content (AvgIpc) is 1.65. The molecule has 7 heterocycles. The van der Waals surface area contributed by atoms with Crippen LogP contribution in [-0.2, 0) is 70.5 Å². The van der Waals surface area contributed by atoms with E-state index in [-0.39, 0.29) is 147 Å². The molecule has 2 unspecified atom stereocenters. The first-order valence-corrected chi connectivity index (χ1v) is 40.9. The van der Waals surface area contributed by atoms with Crippen LogP contribution in [0, 0.1) is 50.4 Å². The number of aromatic nitrogens is 4. The first kappa shape index (κ1) is 85.6. The molecule has 1 aliphatic carbocycles. The lowest BCUT2D eigenvalue weighted by Gasteiger charge is -2.39. The molecule has 11 rings (SSSR count). The molecule has 0 spiro atoms. The number of ether oxygens (including phenoxy) is 3. The van der Waals surface area contributed by atoms with E-state index in [1.165, 1.54) is 33.3 Å². The lowest BCUT2D eigenvalue weighted by molar-refractivity contribution is -0.151. The number of anilines is 1. The highest BCUT2D eigenvalue weighted by Crippen LogP contribution is 2.43. The summed E-state index contributed by atoms with van der Waals surface area (Å²) in [6, 6.07) is 17.0. The zero-order chi connectivity index (χ0) is 82.3. The van der Waals surface area contributed by atoms with Gasteiger partial charge in [0.1, 0.15) is 53.6 Å². The molecule has 12 amide bonds. The minimum Gasteiger partial charge on any atom is -0.445 e. The number of nitrogens with one attached hydrogen (secondary N) is 7. The van der Waals surface area contributed by atoms with Gasteiger partial charge in [0.15, 0.2) is 5.82 Å². The molecule has 0 bridgehead atoms. The van der Waals surface area contributed by atoms with E-state index in [0.717, 1.165) is 53.2 Å². The zero-order valence-electron chi connectivity index (χ0n) is 65.7. The Morgan fingerprint density at radius 3 is 2.10 bits per heavy atom. The maximum atomic E-state index is 14.5. The third-order valence-electron chi connectivity index (χ3n) is 21.3. The molecule has 34 heteroatoms. The van der Waals surface area contributed by atoms with Gasteiger partial charge in [-0.3, -0.25) is 57.6 Å². The summed E-state index contributed by atoms with van der Waals surface area (Å²) >= 11 is 9.48. The Morgan fingerprint density at radius 1 is 0.748 bits per heavy atom. The molecule has 3 fully saturated rings. The first-order chi connectivity index (χ1) is 55.0. The first-order valence-electron chi connectivity index (χ1n) is 38.8. The van der Waals surface area contributed by atoms with Crippen molar-refractivity contribution < 1.29 is 72.1 Å². The third-order valence-corrected chi connectivity index (χ3v) is 23.8. The van der Waals surface area contributed by atoms with Gasteiger partial charge in [-0.25, -0.2) is 14.6 Å². The van der Waals surface area contributed by atoms with Crippen molar-refractivity contribution in [2.75, 3.05) is 77.6 Å². The monoisotopic (exact) mass is 1640 g/mol. The number of carbonyl (C=O) groups excluding carboxylic acids is 11. The van der Waals surface area contributed by atoms with Gasteiger partial charge in [-0.2, -0.15) is 0 Å². The van der Waals surface area contributed by atoms with Crippen molar-refractivity contribution in [3.63, 3.8) is 0 Å². The summed E-state index contributed by atoms with van der Waals surface area (Å²) in [5.41, 5.74) is 12.0. The fraction of sp³-hybridized carbons (Fsp3) is 0.494. The second-order valence-corrected chi connectivity index (χ2v) is 33.5. The van der Waals surface area contributed by atoms with Gasteiger partial charge in [0, 0.05) is 109 Å². The standard InChI is InChI=1S/C81H101ClN16O15S2/c1-47-49(3)115-75-67(47)68(55-20-22-57(82)23-21-55)90-61(71-94-93-50(4)98(71)75)37-63(100)84-32-34-111-42-53-35-54(43-112-45-64(101)92-70(80(5,6)7)74(106)97-41-59(99)36-62(97)73(105)87-38-51-14-18-56(19-15-51)69-48(2)88-46-114-69)40-95(39-53)79(110)113-44-52-16-24-58(25-17-52)89-72(104)60(13-11-31-86-78(83)109)91-77(108)81(28-12-29-81)76(107)85-30-9-8-10-33-96-65(102)26-27-66(96)103/h14-27,46,53-54,59-62,70,99H,8-13,28-45H2,1-7H3,(H,84,100)(H,85,107)(H,87,105)(H,89,104)(H,91,108)(H,92,101)(H3,83,86,109)/t53?,54?,59-,60+,61+,62+,70-/m1/s1. The number of hydrogen-bond donors (Lipinski definition) is 9. The van der Waals surface area contributed by atoms with Crippen LogP contribution in [0.2, 0.25) is 5.02 Å². The number of hydrogen-bond acceptors (Lipinski definition) is 21. The van der Waals surface area contributed by atoms with E-state index < -0.39 is 95.3 Å². The molecule has 6 aromatic rings. The SMILES string of the molecule is Cc1ncsc1-c1ccc(CNC(=O)[C@@H]2C[C@@H](O)CN2C(=O)[C@@H](NC(=O)COCC2CC(COCCNC(=O)C[C@@H]3N=C(c4ccc(Cl)cc4)c4c(sc(C)c4C)-n4c(C)nnc43)CN(C(=O)OCc3ccc(NC(=O)[C@H](CCCNC(N)=O)NC(=O)C4(C(=O)NCCCCCN5C(=O)C=CC5=O)CCC4)cc3)C2)C(C)(C)C)cc1. The summed E-state index contributed by atoms with van der Waals surface area (Å²) < 4.78 is 20.2. The highest BCUT2D eigenvalue weighted by atomic mass is 35.5. The highest BCUT2D eigenvalue weighted by molar-refractivity contribution is 7.15. The number of fused-ring (bicyclic) bond motifs is 3. The Bertz CT molecular complexity index is 4590. The van der Waals surface area contributed by atoms with Crippen LogP contribution in [0.15, 0.2) is 95.5 Å². The van der Waals surface area contributed by atoms with Crippen LogP contribution in [0.5, 0.6) is 0 Å². The summed E-state index contributed by atoms with van der Waals surface area (Å²) in [6.07, 6.45) is 4.41. The van der Waals surface area contributed by atoms with Gasteiger partial charge < -0.3 is 72.1 Å². The molecule has 10 N–H and O–H groups in total. The molecule has 3 aromatic heterocycles. The number of unbranched alkanes of at least 4 members (excludes halogenated alkanes) is 2. The topological polar surface area (TPSA) is 412 Å². The van der Waals surface area contributed by atoms with E-state index in [2.05, 4.69) is 66.2 Å². The Hall–Kier alpha value is -10.3. The quantitative estimate of drug-likeness (QED) is 0.0109. The van der Waals surface area contributed by atoms with Gasteiger partial charge in [-0.05, 0) is 131 Å². The van der Waals surface area contributed by atoms with Crippen molar-refractivity contribution in [1.82, 2.24) is 66.3 Å². The number of aliphatic imine (C=N–C) groups is 1. The van der Waals surface area contributed by atoms with Crippen LogP contribution in [0.25, 0.3) is 15.4 Å². The number of aliphatic hydroxyl groups excluding tert-OH is 1. The number of aliphatic hydroxyl groups is 1. The number of aryl methyl sites for hydroxylation is 3. The average molecular weight is 1640 g/mol. The molecule has 1 saturated carbocycles. The van der Waals surface area contributed by atoms with Gasteiger partial charge in [-0.15, -0.1) is 32.9 Å². The smallest absolute Gasteiger partial charge is 0.410 e. The summed E-state index contributed by atoms with van der Waals surface area (Å²) in [5, 5.41) is 41.1. The van der Waals surface area contributed by atoms with Gasteiger partial charge in [0.05, 0.1) is 54.1 Å². The van der Waals surface area contributed by atoms with Crippen LogP contribution in [0.4, 0.5) is 15.3 Å². The molecule has 31 nitrogen and oxygen atoms in total. The van der Waals surface area contributed by atoms with Crippen LogP contribution in [0.3, 0.4) is 0 Å². The number of nitrogens with two attached hydrogens (primary N) is 1. The molecule has 2 saturated heterocycles. The fourth-order valence-electron chi connectivity index (χ4n) is 14.8. The fourth-order valence-corrected chi connectivity index (χ4v) is 17.0. The number of thiophene rings is 1. The van der Waals surface area contributed by atoms with Crippen molar-refractivity contribution in [3.05, 3.63) is 146 Å². The third kappa shape index (κ3) is 21.8. The summed E-state index contributed by atoms with van der Waals surface area (Å²) in [7, 11) is 0. The highest BCUT2D eigenvalue weighted by Gasteiger charge is 2.52. The lowest BCUT2D eigenvalue weighted by Crippen LogP contribution is -2.58. The number of carbonyl (C=O) groups is 11. The summed E-state index contributed by atoms with van der Waals surface area (Å²) in [6.45, 7) is 14.1. The number of primary amides is 1. The predicted molar refractivity (Wildman–Crippen MR) is 430 cm³/mol. The van der Waals surface area contributed by atoms with Crippen molar-refractivity contribution in [3.8, 4) is 15.4 Å².